The zero-order valence-electron chi connectivity index (χ0n) is 18.3. The van der Waals surface area contributed by atoms with Gasteiger partial charge < -0.3 is 19.3 Å². The lowest BCUT2D eigenvalue weighted by Gasteiger charge is -2.20. The highest BCUT2D eigenvalue weighted by molar-refractivity contribution is 6.31. The zero-order chi connectivity index (χ0) is 21.9. The van der Waals surface area contributed by atoms with Gasteiger partial charge in [0.15, 0.2) is 11.5 Å². The first-order valence-corrected chi connectivity index (χ1v) is 11.4. The molecule has 0 saturated carbocycles. The Kier molecular flexibility index (Phi) is 10.1. The molecule has 30 heavy (non-hydrogen) atoms. The van der Waals surface area contributed by atoms with E-state index in [4.69, 9.17) is 25.8 Å². The molecule has 166 valence electrons. The van der Waals surface area contributed by atoms with Gasteiger partial charge in [-0.2, -0.15) is 0 Å². The minimum atomic E-state index is -0.323. The molecule has 0 amide bonds. The number of ether oxygens (including phenoxy) is 3. The molecule has 0 heterocycles. The summed E-state index contributed by atoms with van der Waals surface area (Å²) in [5.74, 6) is 0.336. The SMILES string of the molecule is CCCCCCCC(=O)Oc1c(OCCC)c(OCCC)c(O)c2cc(Cl)ccc12. The van der Waals surface area contributed by atoms with Crippen LogP contribution in [0.15, 0.2) is 18.2 Å². The summed E-state index contributed by atoms with van der Waals surface area (Å²) >= 11 is 6.15. The Balaban J connectivity index is 2.42. The number of fused-ring (bicyclic) bond motifs is 1. The van der Waals surface area contributed by atoms with Crippen LogP contribution in [0.3, 0.4) is 0 Å². The van der Waals surface area contributed by atoms with Crippen LogP contribution in [0.4, 0.5) is 0 Å². The minimum absolute atomic E-state index is 0.0635. The molecule has 0 bridgehead atoms. The van der Waals surface area contributed by atoms with E-state index in [1.807, 2.05) is 13.8 Å². The summed E-state index contributed by atoms with van der Waals surface area (Å²) in [7, 11) is 0. The maximum Gasteiger partial charge on any atom is 0.311 e. The lowest BCUT2D eigenvalue weighted by molar-refractivity contribution is -0.134. The highest BCUT2D eigenvalue weighted by Gasteiger charge is 2.25. The molecule has 5 nitrogen and oxygen atoms in total. The molecular weight excluding hydrogens is 404 g/mol. The Morgan fingerprint density at radius 2 is 1.53 bits per heavy atom. The highest BCUT2D eigenvalue weighted by atomic mass is 35.5. The summed E-state index contributed by atoms with van der Waals surface area (Å²) in [6.45, 7) is 6.91. The standard InChI is InChI=1S/C24H33ClO5/c1-4-7-8-9-10-11-20(26)30-22-18-13-12-17(25)16-19(18)21(27)23(28-14-5-2)24(22)29-15-6-3/h12-13,16,27H,4-11,14-15H2,1-3H3. The van der Waals surface area contributed by atoms with Gasteiger partial charge >= 0.3 is 5.97 Å². The molecule has 6 heteroatoms. The average molecular weight is 437 g/mol. The normalized spacial score (nSPS) is 10.9. The second-order valence-corrected chi connectivity index (χ2v) is 7.80. The Morgan fingerprint density at radius 1 is 0.867 bits per heavy atom. The number of esters is 1. The maximum absolute atomic E-state index is 12.6. The largest absolute Gasteiger partial charge is 0.504 e. The number of rotatable bonds is 13. The molecule has 0 fully saturated rings. The Hall–Kier alpha value is -2.14. The Labute approximate surface area is 184 Å². The van der Waals surface area contributed by atoms with E-state index in [0.29, 0.717) is 35.4 Å². The van der Waals surface area contributed by atoms with Gasteiger partial charge in [-0.25, -0.2) is 0 Å². The van der Waals surface area contributed by atoms with Gasteiger partial charge in [0.25, 0.3) is 0 Å². The third kappa shape index (κ3) is 6.43. The quantitative estimate of drug-likeness (QED) is 0.207. The van der Waals surface area contributed by atoms with Crippen LogP contribution in [0.5, 0.6) is 23.0 Å². The van der Waals surface area contributed by atoms with Crippen molar-refractivity contribution in [3.8, 4) is 23.0 Å². The van der Waals surface area contributed by atoms with Crippen molar-refractivity contribution in [3.05, 3.63) is 23.2 Å². The first-order valence-electron chi connectivity index (χ1n) is 11.0. The fourth-order valence-electron chi connectivity index (χ4n) is 3.18. The van der Waals surface area contributed by atoms with Crippen molar-refractivity contribution in [2.75, 3.05) is 13.2 Å². The van der Waals surface area contributed by atoms with E-state index >= 15 is 0 Å². The first kappa shape index (κ1) is 24.1. The number of benzene rings is 2. The van der Waals surface area contributed by atoms with Crippen LogP contribution < -0.4 is 14.2 Å². The Bertz CT molecular complexity index is 834. The van der Waals surface area contributed by atoms with Crippen molar-refractivity contribution in [3.63, 3.8) is 0 Å². The van der Waals surface area contributed by atoms with Crippen LogP contribution in [-0.2, 0) is 4.79 Å². The lowest BCUT2D eigenvalue weighted by Crippen LogP contribution is -2.11. The molecule has 0 radical (unpaired) electrons. The van der Waals surface area contributed by atoms with Gasteiger partial charge in [0.05, 0.1) is 13.2 Å². The highest BCUT2D eigenvalue weighted by Crippen LogP contribution is 2.51. The predicted octanol–water partition coefficient (Wildman–Crippen LogP) is 7.04. The smallest absolute Gasteiger partial charge is 0.311 e. The van der Waals surface area contributed by atoms with Gasteiger partial charge in [0.2, 0.25) is 11.5 Å². The monoisotopic (exact) mass is 436 g/mol. The summed E-state index contributed by atoms with van der Waals surface area (Å²) in [6, 6.07) is 5.06. The number of hydrogen-bond acceptors (Lipinski definition) is 5. The number of carbonyl (C=O) groups is 1. The van der Waals surface area contributed by atoms with Crippen molar-refractivity contribution < 1.29 is 24.1 Å². The molecule has 0 aliphatic heterocycles. The molecule has 0 unspecified atom stereocenters. The molecule has 0 atom stereocenters. The summed E-state index contributed by atoms with van der Waals surface area (Å²) < 4.78 is 17.5. The van der Waals surface area contributed by atoms with Crippen molar-refractivity contribution in [1.82, 2.24) is 0 Å². The van der Waals surface area contributed by atoms with Crippen molar-refractivity contribution in [1.29, 1.82) is 0 Å². The average Bonchev–Trinajstić information content (AvgIpc) is 2.73. The number of unbranched alkanes of at least 4 members (excludes halogenated alkanes) is 4. The van der Waals surface area contributed by atoms with Gasteiger partial charge in [-0.05, 0) is 37.5 Å². The van der Waals surface area contributed by atoms with Crippen molar-refractivity contribution in [2.45, 2.75) is 72.1 Å². The predicted molar refractivity (Wildman–Crippen MR) is 121 cm³/mol. The fraction of sp³-hybridized carbons (Fsp3) is 0.542. The number of halogens is 1. The zero-order valence-corrected chi connectivity index (χ0v) is 19.0. The van der Waals surface area contributed by atoms with Crippen molar-refractivity contribution in [2.24, 2.45) is 0 Å². The molecule has 0 aromatic heterocycles. The molecule has 0 aliphatic rings. The van der Waals surface area contributed by atoms with Crippen LogP contribution in [0.25, 0.3) is 10.8 Å². The van der Waals surface area contributed by atoms with Gasteiger partial charge in [-0.1, -0.05) is 58.1 Å². The van der Waals surface area contributed by atoms with E-state index in [0.717, 1.165) is 38.5 Å². The number of aromatic hydroxyl groups is 1. The van der Waals surface area contributed by atoms with Crippen molar-refractivity contribution >= 4 is 28.3 Å². The minimum Gasteiger partial charge on any atom is -0.504 e. The van der Waals surface area contributed by atoms with Crippen LogP contribution in [0.1, 0.15) is 72.1 Å². The summed E-state index contributed by atoms with van der Waals surface area (Å²) in [5, 5.41) is 12.3. The van der Waals surface area contributed by atoms with E-state index in [9.17, 15) is 9.90 Å². The third-order valence-corrected chi connectivity index (χ3v) is 4.95. The van der Waals surface area contributed by atoms with E-state index in [1.165, 1.54) is 6.42 Å². The van der Waals surface area contributed by atoms with E-state index in [1.54, 1.807) is 18.2 Å². The van der Waals surface area contributed by atoms with Gasteiger partial charge in [-0.3, -0.25) is 4.79 Å². The summed E-state index contributed by atoms with van der Waals surface area (Å²) in [4.78, 5) is 12.6. The second-order valence-electron chi connectivity index (χ2n) is 7.36. The number of phenolic OH excluding ortho intramolecular Hbond substituents is 1. The molecule has 0 aliphatic carbocycles. The third-order valence-electron chi connectivity index (χ3n) is 4.71. The number of carbonyl (C=O) groups excluding carboxylic acids is 1. The molecule has 2 aromatic carbocycles. The van der Waals surface area contributed by atoms with Crippen LogP contribution >= 0.6 is 11.6 Å². The van der Waals surface area contributed by atoms with Gasteiger partial charge in [0, 0.05) is 22.2 Å². The molecule has 2 rings (SSSR count). The van der Waals surface area contributed by atoms with Crippen LogP contribution in [0, 0.1) is 0 Å². The first-order chi connectivity index (χ1) is 14.5. The molecule has 0 spiro atoms. The second kappa shape index (κ2) is 12.5. The van der Waals surface area contributed by atoms with E-state index in [2.05, 4.69) is 6.92 Å². The summed E-state index contributed by atoms with van der Waals surface area (Å²) in [5.41, 5.74) is 0. The summed E-state index contributed by atoms with van der Waals surface area (Å²) in [6.07, 6.45) is 7.08. The molecule has 1 N–H and O–H groups in total. The van der Waals surface area contributed by atoms with Crippen LogP contribution in [-0.4, -0.2) is 24.3 Å². The Morgan fingerprint density at radius 3 is 2.20 bits per heavy atom. The topological polar surface area (TPSA) is 65.0 Å². The van der Waals surface area contributed by atoms with Gasteiger partial charge in [-0.15, -0.1) is 0 Å². The lowest BCUT2D eigenvalue weighted by atomic mass is 10.1. The molecular formula is C24H33ClO5. The molecule has 2 aromatic rings. The van der Waals surface area contributed by atoms with E-state index < -0.39 is 0 Å². The number of hydrogen-bond donors (Lipinski definition) is 1. The molecule has 0 saturated heterocycles. The fourth-order valence-corrected chi connectivity index (χ4v) is 3.35. The van der Waals surface area contributed by atoms with Gasteiger partial charge in [0.1, 0.15) is 0 Å². The van der Waals surface area contributed by atoms with Crippen LogP contribution in [0.2, 0.25) is 5.02 Å². The number of phenols is 1. The maximum atomic E-state index is 12.6. The van der Waals surface area contributed by atoms with E-state index in [-0.39, 0.29) is 29.0 Å².